The molecule has 0 aliphatic carbocycles. The van der Waals surface area contributed by atoms with Crippen LogP contribution < -0.4 is 5.32 Å². The normalized spacial score (nSPS) is 11.1. The van der Waals surface area contributed by atoms with E-state index < -0.39 is 0 Å². The van der Waals surface area contributed by atoms with Gasteiger partial charge < -0.3 is 5.32 Å². The first-order valence-electron chi connectivity index (χ1n) is 6.20. The number of nitrogens with one attached hydrogen (secondary N) is 1. The Morgan fingerprint density at radius 3 is 2.89 bits per heavy atom. The molecule has 0 aromatic carbocycles. The van der Waals surface area contributed by atoms with Crippen LogP contribution in [0.25, 0.3) is 5.65 Å². The highest BCUT2D eigenvalue weighted by Crippen LogP contribution is 2.16. The minimum absolute atomic E-state index is 0.775. The molecule has 0 fully saturated rings. The summed E-state index contributed by atoms with van der Waals surface area (Å²) < 4.78 is 1.75. The molecule has 0 saturated heterocycles. The molecule has 98 valence electrons. The number of hydrogen-bond donors (Lipinski definition) is 1. The summed E-state index contributed by atoms with van der Waals surface area (Å²) in [6, 6.07) is 6.02. The van der Waals surface area contributed by atoms with Gasteiger partial charge in [0.15, 0.2) is 11.5 Å². The summed E-state index contributed by atoms with van der Waals surface area (Å²) in [6.45, 7) is 4.92. The van der Waals surface area contributed by atoms with Crippen LogP contribution >= 0.6 is 11.3 Å². The SMILES string of the molecule is Cc1ccsc1CCNc1ccc2nnc(C)n2n1. The summed E-state index contributed by atoms with van der Waals surface area (Å²) in [4.78, 5) is 1.43. The Balaban J connectivity index is 1.68. The summed E-state index contributed by atoms with van der Waals surface area (Å²) in [5.74, 6) is 1.65. The van der Waals surface area contributed by atoms with Gasteiger partial charge in [0, 0.05) is 11.4 Å². The maximum absolute atomic E-state index is 4.46. The molecule has 0 bridgehead atoms. The van der Waals surface area contributed by atoms with Gasteiger partial charge in [0.25, 0.3) is 0 Å². The number of rotatable bonds is 4. The van der Waals surface area contributed by atoms with E-state index in [0.29, 0.717) is 0 Å². The number of anilines is 1. The van der Waals surface area contributed by atoms with Crippen LogP contribution in [0, 0.1) is 13.8 Å². The van der Waals surface area contributed by atoms with Gasteiger partial charge in [-0.15, -0.1) is 26.6 Å². The van der Waals surface area contributed by atoms with Crippen LogP contribution in [0.4, 0.5) is 5.82 Å². The van der Waals surface area contributed by atoms with E-state index in [2.05, 4.69) is 39.0 Å². The van der Waals surface area contributed by atoms with Crippen molar-refractivity contribution in [3.8, 4) is 0 Å². The molecule has 0 radical (unpaired) electrons. The van der Waals surface area contributed by atoms with Crippen LogP contribution in [0.2, 0.25) is 0 Å². The summed E-state index contributed by atoms with van der Waals surface area (Å²) in [6.07, 6.45) is 1.02. The highest BCUT2D eigenvalue weighted by molar-refractivity contribution is 7.10. The second kappa shape index (κ2) is 4.97. The van der Waals surface area contributed by atoms with Crippen molar-refractivity contribution in [3.05, 3.63) is 39.8 Å². The maximum atomic E-state index is 4.46. The van der Waals surface area contributed by atoms with Gasteiger partial charge >= 0.3 is 0 Å². The summed E-state index contributed by atoms with van der Waals surface area (Å²) >= 11 is 1.81. The number of aromatic nitrogens is 4. The third-order valence-corrected chi connectivity index (χ3v) is 4.13. The van der Waals surface area contributed by atoms with Gasteiger partial charge in [-0.25, -0.2) is 0 Å². The van der Waals surface area contributed by atoms with E-state index in [-0.39, 0.29) is 0 Å². The van der Waals surface area contributed by atoms with Gasteiger partial charge in [-0.05, 0) is 49.4 Å². The number of fused-ring (bicyclic) bond motifs is 1. The van der Waals surface area contributed by atoms with Crippen molar-refractivity contribution in [2.24, 2.45) is 0 Å². The van der Waals surface area contributed by atoms with Gasteiger partial charge in [-0.1, -0.05) is 0 Å². The number of nitrogens with zero attached hydrogens (tertiary/aromatic N) is 4. The monoisotopic (exact) mass is 273 g/mol. The molecule has 0 aliphatic heterocycles. The highest BCUT2D eigenvalue weighted by Gasteiger charge is 2.04. The van der Waals surface area contributed by atoms with Crippen LogP contribution in [0.1, 0.15) is 16.3 Å². The van der Waals surface area contributed by atoms with Crippen molar-refractivity contribution < 1.29 is 0 Å². The molecular formula is C13H15N5S. The van der Waals surface area contributed by atoms with E-state index in [4.69, 9.17) is 0 Å². The predicted molar refractivity (Wildman–Crippen MR) is 76.8 cm³/mol. The third kappa shape index (κ3) is 2.44. The van der Waals surface area contributed by atoms with Crippen molar-refractivity contribution >= 4 is 22.8 Å². The fraction of sp³-hybridized carbons (Fsp3) is 0.308. The summed E-state index contributed by atoms with van der Waals surface area (Å²) in [7, 11) is 0. The minimum atomic E-state index is 0.775. The molecular weight excluding hydrogens is 258 g/mol. The van der Waals surface area contributed by atoms with Gasteiger partial charge in [0.1, 0.15) is 5.82 Å². The molecule has 6 heteroatoms. The molecule has 3 aromatic rings. The Kier molecular flexibility index (Phi) is 3.16. The Labute approximate surface area is 115 Å². The molecule has 3 heterocycles. The summed E-state index contributed by atoms with van der Waals surface area (Å²) in [5, 5.41) is 17.9. The molecule has 5 nitrogen and oxygen atoms in total. The zero-order valence-corrected chi connectivity index (χ0v) is 11.7. The lowest BCUT2D eigenvalue weighted by atomic mass is 10.2. The van der Waals surface area contributed by atoms with E-state index in [1.807, 2.05) is 19.1 Å². The Morgan fingerprint density at radius 1 is 1.21 bits per heavy atom. The van der Waals surface area contributed by atoms with E-state index >= 15 is 0 Å². The molecule has 0 spiro atoms. The van der Waals surface area contributed by atoms with E-state index in [9.17, 15) is 0 Å². The quantitative estimate of drug-likeness (QED) is 0.793. The fourth-order valence-electron chi connectivity index (χ4n) is 1.95. The van der Waals surface area contributed by atoms with E-state index in [1.54, 1.807) is 15.9 Å². The molecule has 0 unspecified atom stereocenters. The summed E-state index contributed by atoms with van der Waals surface area (Å²) in [5.41, 5.74) is 2.14. The molecule has 1 N–H and O–H groups in total. The topological polar surface area (TPSA) is 55.1 Å². The minimum Gasteiger partial charge on any atom is -0.368 e. The molecule has 0 atom stereocenters. The third-order valence-electron chi connectivity index (χ3n) is 3.05. The van der Waals surface area contributed by atoms with E-state index in [0.717, 1.165) is 30.3 Å². The Hall–Kier alpha value is -1.95. The number of aryl methyl sites for hydroxylation is 2. The molecule has 3 aromatic heterocycles. The first-order chi connectivity index (χ1) is 9.24. The second-order valence-corrected chi connectivity index (χ2v) is 5.44. The van der Waals surface area contributed by atoms with Gasteiger partial charge in [-0.3, -0.25) is 0 Å². The van der Waals surface area contributed by atoms with Gasteiger partial charge in [-0.2, -0.15) is 4.52 Å². The van der Waals surface area contributed by atoms with Crippen molar-refractivity contribution in [2.75, 3.05) is 11.9 Å². The largest absolute Gasteiger partial charge is 0.368 e. The highest BCUT2D eigenvalue weighted by atomic mass is 32.1. The fourth-order valence-corrected chi connectivity index (χ4v) is 2.87. The van der Waals surface area contributed by atoms with Crippen LogP contribution in [0.3, 0.4) is 0 Å². The first kappa shape index (κ1) is 12.1. The average Bonchev–Trinajstić information content (AvgIpc) is 2.98. The maximum Gasteiger partial charge on any atom is 0.178 e. The Morgan fingerprint density at radius 2 is 2.11 bits per heavy atom. The van der Waals surface area contributed by atoms with Crippen molar-refractivity contribution in [1.82, 2.24) is 19.8 Å². The van der Waals surface area contributed by atoms with Gasteiger partial charge in [0.2, 0.25) is 0 Å². The van der Waals surface area contributed by atoms with Crippen LogP contribution in [0.5, 0.6) is 0 Å². The van der Waals surface area contributed by atoms with Crippen LogP contribution in [-0.2, 0) is 6.42 Å². The van der Waals surface area contributed by atoms with Crippen molar-refractivity contribution in [3.63, 3.8) is 0 Å². The number of hydrogen-bond acceptors (Lipinski definition) is 5. The zero-order chi connectivity index (χ0) is 13.2. The predicted octanol–water partition coefficient (Wildman–Crippen LogP) is 2.46. The second-order valence-electron chi connectivity index (χ2n) is 4.44. The lowest BCUT2D eigenvalue weighted by Gasteiger charge is -2.05. The van der Waals surface area contributed by atoms with Crippen molar-refractivity contribution in [1.29, 1.82) is 0 Å². The Bertz CT molecular complexity index is 700. The number of thiophene rings is 1. The van der Waals surface area contributed by atoms with Crippen LogP contribution in [-0.4, -0.2) is 26.4 Å². The van der Waals surface area contributed by atoms with Crippen LogP contribution in [0.15, 0.2) is 23.6 Å². The molecule has 0 amide bonds. The lowest BCUT2D eigenvalue weighted by Crippen LogP contribution is -2.08. The molecule has 0 aliphatic rings. The lowest BCUT2D eigenvalue weighted by molar-refractivity contribution is 0.868. The molecule has 0 saturated carbocycles. The standard InChI is InChI=1S/C13H15N5S/c1-9-6-8-19-11(9)5-7-14-12-3-4-13-16-15-10(2)18(13)17-12/h3-4,6,8H,5,7H2,1-2H3,(H,14,17). The average molecular weight is 273 g/mol. The smallest absolute Gasteiger partial charge is 0.178 e. The van der Waals surface area contributed by atoms with Gasteiger partial charge in [0.05, 0.1) is 0 Å². The first-order valence-corrected chi connectivity index (χ1v) is 7.08. The van der Waals surface area contributed by atoms with Crippen molar-refractivity contribution in [2.45, 2.75) is 20.3 Å². The zero-order valence-electron chi connectivity index (χ0n) is 10.9. The molecule has 3 rings (SSSR count). The van der Waals surface area contributed by atoms with E-state index in [1.165, 1.54) is 10.4 Å². The molecule has 19 heavy (non-hydrogen) atoms.